The van der Waals surface area contributed by atoms with E-state index in [9.17, 15) is 9.90 Å². The smallest absolute Gasteiger partial charge is 0.275 e. The maximum atomic E-state index is 12.1. The molecule has 0 spiro atoms. The van der Waals surface area contributed by atoms with Gasteiger partial charge in [0.25, 0.3) is 5.56 Å². The zero-order valence-electron chi connectivity index (χ0n) is 12.6. The summed E-state index contributed by atoms with van der Waals surface area (Å²) in [5.74, 6) is 0.391. The number of benzene rings is 1. The van der Waals surface area contributed by atoms with E-state index in [1.807, 2.05) is 0 Å². The summed E-state index contributed by atoms with van der Waals surface area (Å²) in [4.78, 5) is 12.1. The second kappa shape index (κ2) is 7.58. The molecule has 0 aliphatic heterocycles. The number of nitrogens with one attached hydrogen (secondary N) is 1. The van der Waals surface area contributed by atoms with Crippen molar-refractivity contribution in [3.05, 3.63) is 46.4 Å². The first-order valence-corrected chi connectivity index (χ1v) is 6.82. The van der Waals surface area contributed by atoms with Crippen LogP contribution in [0.3, 0.4) is 0 Å². The number of para-hydroxylation sites is 2. The summed E-state index contributed by atoms with van der Waals surface area (Å²) in [7, 11) is 3.14. The maximum absolute atomic E-state index is 12.1. The normalized spacial score (nSPS) is 10.6. The molecule has 22 heavy (non-hydrogen) atoms. The van der Waals surface area contributed by atoms with Gasteiger partial charge >= 0.3 is 0 Å². The van der Waals surface area contributed by atoms with Crippen LogP contribution in [0.4, 0.5) is 0 Å². The van der Waals surface area contributed by atoms with E-state index in [1.165, 1.54) is 11.8 Å². The van der Waals surface area contributed by atoms with Crippen LogP contribution in [-0.4, -0.2) is 42.3 Å². The summed E-state index contributed by atoms with van der Waals surface area (Å²) in [6, 6.07) is 8.21. The van der Waals surface area contributed by atoms with Crippen LogP contribution in [-0.2, 0) is 11.3 Å². The van der Waals surface area contributed by atoms with Gasteiger partial charge in [-0.15, -0.1) is 0 Å². The van der Waals surface area contributed by atoms with Gasteiger partial charge in [0.2, 0.25) is 0 Å². The fraction of sp³-hybridized carbons (Fsp3) is 0.333. The van der Waals surface area contributed by atoms with Crippen molar-refractivity contribution in [2.45, 2.75) is 6.54 Å². The highest BCUT2D eigenvalue weighted by Gasteiger charge is 2.12. The molecule has 1 aromatic heterocycles. The van der Waals surface area contributed by atoms with Crippen molar-refractivity contribution in [2.75, 3.05) is 27.4 Å². The number of rotatable bonds is 7. The van der Waals surface area contributed by atoms with Gasteiger partial charge in [0.05, 0.1) is 13.7 Å². The van der Waals surface area contributed by atoms with Gasteiger partial charge in [-0.2, -0.15) is 9.78 Å². The fourth-order valence-electron chi connectivity index (χ4n) is 1.97. The molecule has 0 saturated heterocycles. The predicted octanol–water partition coefficient (Wildman–Crippen LogP) is 0.683. The minimum Gasteiger partial charge on any atom is -0.506 e. The third-order valence-corrected chi connectivity index (χ3v) is 3.07. The van der Waals surface area contributed by atoms with Crippen LogP contribution in [0, 0.1) is 0 Å². The number of aromatic hydroxyl groups is 1. The van der Waals surface area contributed by atoms with Crippen LogP contribution in [0.15, 0.2) is 35.1 Å². The molecule has 0 saturated carbocycles. The van der Waals surface area contributed by atoms with Crippen LogP contribution in [0.25, 0.3) is 5.69 Å². The molecule has 118 valence electrons. The Morgan fingerprint density at radius 2 is 2.09 bits per heavy atom. The zero-order chi connectivity index (χ0) is 15.9. The first-order valence-electron chi connectivity index (χ1n) is 6.82. The predicted molar refractivity (Wildman–Crippen MR) is 81.6 cm³/mol. The number of ether oxygens (including phenoxy) is 2. The largest absolute Gasteiger partial charge is 0.506 e. The molecule has 0 radical (unpaired) electrons. The van der Waals surface area contributed by atoms with Gasteiger partial charge < -0.3 is 19.9 Å². The molecule has 7 heteroatoms. The van der Waals surface area contributed by atoms with E-state index in [0.29, 0.717) is 36.8 Å². The number of aromatic nitrogens is 2. The molecule has 2 aromatic rings. The summed E-state index contributed by atoms with van der Waals surface area (Å²) < 4.78 is 11.4. The molecular weight excluding hydrogens is 286 g/mol. The third kappa shape index (κ3) is 3.63. The Balaban J connectivity index is 2.34. The first kappa shape index (κ1) is 16.0. The van der Waals surface area contributed by atoms with Crippen molar-refractivity contribution in [1.82, 2.24) is 15.1 Å². The van der Waals surface area contributed by atoms with Crippen molar-refractivity contribution < 1.29 is 14.6 Å². The summed E-state index contributed by atoms with van der Waals surface area (Å²) in [5, 5.41) is 17.2. The molecule has 2 rings (SSSR count). The average Bonchev–Trinajstić information content (AvgIpc) is 2.53. The van der Waals surface area contributed by atoms with Gasteiger partial charge in [0.15, 0.2) is 0 Å². The Kier molecular flexibility index (Phi) is 5.51. The highest BCUT2D eigenvalue weighted by atomic mass is 16.5. The number of hydrogen-bond acceptors (Lipinski definition) is 6. The molecule has 0 aliphatic rings. The van der Waals surface area contributed by atoms with Crippen molar-refractivity contribution in [1.29, 1.82) is 0 Å². The molecule has 7 nitrogen and oxygen atoms in total. The SMILES string of the molecule is COCCNCc1nn(-c2ccccc2OC)c(=O)cc1O. The van der Waals surface area contributed by atoms with E-state index in [1.54, 1.807) is 31.4 Å². The van der Waals surface area contributed by atoms with Crippen LogP contribution < -0.4 is 15.6 Å². The number of nitrogens with zero attached hydrogens (tertiary/aromatic N) is 2. The van der Waals surface area contributed by atoms with Crippen molar-refractivity contribution in [3.8, 4) is 17.2 Å². The van der Waals surface area contributed by atoms with Gasteiger partial charge in [0, 0.05) is 26.3 Å². The topological polar surface area (TPSA) is 85.6 Å². The lowest BCUT2D eigenvalue weighted by molar-refractivity contribution is 0.199. The first-order chi connectivity index (χ1) is 10.7. The van der Waals surface area contributed by atoms with Crippen molar-refractivity contribution in [2.24, 2.45) is 0 Å². The van der Waals surface area contributed by atoms with Crippen molar-refractivity contribution >= 4 is 0 Å². The molecule has 0 fully saturated rings. The zero-order valence-corrected chi connectivity index (χ0v) is 12.6. The van der Waals surface area contributed by atoms with E-state index in [4.69, 9.17) is 9.47 Å². The molecule has 2 N–H and O–H groups in total. The van der Waals surface area contributed by atoms with Gasteiger partial charge in [-0.1, -0.05) is 12.1 Å². The molecule has 0 aliphatic carbocycles. The van der Waals surface area contributed by atoms with E-state index < -0.39 is 5.56 Å². The van der Waals surface area contributed by atoms with Gasteiger partial charge in [-0.05, 0) is 12.1 Å². The molecule has 1 aromatic carbocycles. The molecule has 0 atom stereocenters. The minimum atomic E-state index is -0.428. The second-order valence-electron chi connectivity index (χ2n) is 4.57. The number of hydrogen-bond donors (Lipinski definition) is 2. The van der Waals surface area contributed by atoms with Crippen LogP contribution >= 0.6 is 0 Å². The van der Waals surface area contributed by atoms with E-state index in [-0.39, 0.29) is 5.75 Å². The number of methoxy groups -OCH3 is 2. The van der Waals surface area contributed by atoms with E-state index >= 15 is 0 Å². The Morgan fingerprint density at radius 1 is 1.32 bits per heavy atom. The average molecular weight is 305 g/mol. The van der Waals surface area contributed by atoms with Crippen LogP contribution in [0.1, 0.15) is 5.69 Å². The van der Waals surface area contributed by atoms with Gasteiger partial charge in [0.1, 0.15) is 22.9 Å². The van der Waals surface area contributed by atoms with Gasteiger partial charge in [-0.3, -0.25) is 4.79 Å². The Hall–Kier alpha value is -2.38. The second-order valence-corrected chi connectivity index (χ2v) is 4.57. The quantitative estimate of drug-likeness (QED) is 0.732. The standard InChI is InChI=1S/C15H19N3O4/c1-21-8-7-16-10-11-13(19)9-15(20)18(17-11)12-5-3-4-6-14(12)22-2/h3-6,9,16,19H,7-8,10H2,1-2H3. The molecule has 1 heterocycles. The molecular formula is C15H19N3O4. The lowest BCUT2D eigenvalue weighted by Gasteiger charge is -2.12. The van der Waals surface area contributed by atoms with E-state index in [2.05, 4.69) is 10.4 Å². The summed E-state index contributed by atoms with van der Waals surface area (Å²) in [5.41, 5.74) is 0.470. The van der Waals surface area contributed by atoms with Gasteiger partial charge in [-0.25, -0.2) is 0 Å². The fourth-order valence-corrected chi connectivity index (χ4v) is 1.97. The highest BCUT2D eigenvalue weighted by molar-refractivity contribution is 5.46. The van der Waals surface area contributed by atoms with Crippen LogP contribution in [0.5, 0.6) is 11.5 Å². The van der Waals surface area contributed by atoms with Crippen LogP contribution in [0.2, 0.25) is 0 Å². The summed E-state index contributed by atoms with van der Waals surface area (Å²) >= 11 is 0. The lowest BCUT2D eigenvalue weighted by Crippen LogP contribution is -2.25. The molecule has 0 unspecified atom stereocenters. The van der Waals surface area contributed by atoms with Crippen molar-refractivity contribution in [3.63, 3.8) is 0 Å². The molecule has 0 amide bonds. The highest BCUT2D eigenvalue weighted by Crippen LogP contribution is 2.21. The Bertz CT molecular complexity index is 685. The minimum absolute atomic E-state index is 0.138. The third-order valence-electron chi connectivity index (χ3n) is 3.07. The summed E-state index contributed by atoms with van der Waals surface area (Å²) in [6.45, 7) is 1.49. The summed E-state index contributed by atoms with van der Waals surface area (Å²) in [6.07, 6.45) is 0. The molecule has 0 bridgehead atoms. The lowest BCUT2D eigenvalue weighted by atomic mass is 10.3. The van der Waals surface area contributed by atoms with E-state index in [0.717, 1.165) is 6.07 Å². The monoisotopic (exact) mass is 305 g/mol. The maximum Gasteiger partial charge on any atom is 0.275 e. The Labute approximate surface area is 128 Å². The Morgan fingerprint density at radius 3 is 2.82 bits per heavy atom.